The number of aliphatic hydroxyl groups excluding tert-OH is 2. The number of ether oxygens (including phenoxy) is 2. The minimum atomic E-state index is -1.38. The Morgan fingerprint density at radius 1 is 0.725 bits per heavy atom. The minimum absolute atomic E-state index is 0.0194. The Bertz CT molecular complexity index is 1370. The molecule has 0 aromatic carbocycles. The Hall–Kier alpha value is -2.84. The maximum atomic E-state index is 14.0. The van der Waals surface area contributed by atoms with Gasteiger partial charge in [-0.25, -0.2) is 0 Å². The van der Waals surface area contributed by atoms with Crippen molar-refractivity contribution in [1.82, 2.24) is 0 Å². The third-order valence-electron chi connectivity index (χ3n) is 12.2. The molecule has 0 unspecified atom stereocenters. The summed E-state index contributed by atoms with van der Waals surface area (Å²) in [6.45, 7) is 7.18. The van der Waals surface area contributed by atoms with Crippen LogP contribution in [0.1, 0.15) is 53.4 Å². The molecule has 7 aliphatic carbocycles. The summed E-state index contributed by atoms with van der Waals surface area (Å²) in [6, 6.07) is 0. The van der Waals surface area contributed by atoms with Crippen LogP contribution >= 0.6 is 0 Å². The summed E-state index contributed by atoms with van der Waals surface area (Å²) in [6.07, 6.45) is 2.74. The van der Waals surface area contributed by atoms with Gasteiger partial charge in [0.25, 0.3) is 0 Å². The highest BCUT2D eigenvalue weighted by Gasteiger charge is 2.70. The van der Waals surface area contributed by atoms with E-state index in [1.165, 1.54) is 14.2 Å². The van der Waals surface area contributed by atoms with Gasteiger partial charge in [-0.15, -0.1) is 0 Å². The van der Waals surface area contributed by atoms with E-state index >= 15 is 0 Å². The van der Waals surface area contributed by atoms with Crippen molar-refractivity contribution in [2.45, 2.75) is 65.6 Å². The molecule has 2 N–H and O–H groups in total. The fourth-order valence-electron chi connectivity index (χ4n) is 9.53. The predicted molar refractivity (Wildman–Crippen MR) is 141 cm³/mol. The Morgan fingerprint density at radius 3 is 1.40 bits per heavy atom. The monoisotopic (exact) mass is 548 g/mol. The van der Waals surface area contributed by atoms with Crippen LogP contribution in [0.5, 0.6) is 0 Å². The summed E-state index contributed by atoms with van der Waals surface area (Å²) >= 11 is 0. The van der Waals surface area contributed by atoms with Crippen molar-refractivity contribution in [3.05, 3.63) is 45.6 Å². The van der Waals surface area contributed by atoms with E-state index in [1.807, 2.05) is 13.8 Å². The number of hydrogen-bond acceptors (Lipinski definition) is 8. The van der Waals surface area contributed by atoms with Crippen molar-refractivity contribution < 1.29 is 38.9 Å². The second kappa shape index (κ2) is 7.51. The van der Waals surface area contributed by atoms with Gasteiger partial charge in [-0.2, -0.15) is 0 Å². The summed E-state index contributed by atoms with van der Waals surface area (Å²) in [5.74, 6) is -1.95. The molecule has 0 radical (unpaired) electrons. The molecule has 8 nitrogen and oxygen atoms in total. The predicted octanol–water partition coefficient (Wildman–Crippen LogP) is 2.78. The van der Waals surface area contributed by atoms with Gasteiger partial charge in [0.1, 0.15) is 12.2 Å². The maximum Gasteiger partial charge on any atom is 0.316 e. The Labute approximate surface area is 233 Å². The largest absolute Gasteiger partial charge is 0.468 e. The van der Waals surface area contributed by atoms with E-state index in [1.54, 1.807) is 26.0 Å². The van der Waals surface area contributed by atoms with Gasteiger partial charge < -0.3 is 19.7 Å². The lowest BCUT2D eigenvalue weighted by Gasteiger charge is -2.44. The Kier molecular flexibility index (Phi) is 4.90. The van der Waals surface area contributed by atoms with Crippen molar-refractivity contribution in [2.24, 2.45) is 45.3 Å². The number of allylic oxidation sites excluding steroid dienone is 4. The topological polar surface area (TPSA) is 127 Å². The van der Waals surface area contributed by atoms with Crippen LogP contribution in [0.3, 0.4) is 0 Å². The zero-order valence-corrected chi connectivity index (χ0v) is 23.8. The van der Waals surface area contributed by atoms with E-state index in [-0.39, 0.29) is 47.7 Å². The van der Waals surface area contributed by atoms with Crippen LogP contribution in [0, 0.1) is 45.3 Å². The zero-order chi connectivity index (χ0) is 28.9. The highest BCUT2D eigenvalue weighted by molar-refractivity contribution is 6.09. The molecule has 7 aliphatic rings. The molecule has 0 saturated heterocycles. The summed E-state index contributed by atoms with van der Waals surface area (Å²) in [5, 5.41) is 23.2. The highest BCUT2D eigenvalue weighted by Crippen LogP contribution is 2.73. The summed E-state index contributed by atoms with van der Waals surface area (Å²) in [5.41, 5.74) is -0.725. The average Bonchev–Trinajstić information content (AvgIpc) is 3.84. The van der Waals surface area contributed by atoms with E-state index in [4.69, 9.17) is 9.47 Å². The Balaban J connectivity index is 1.57. The van der Waals surface area contributed by atoms with Crippen molar-refractivity contribution in [1.29, 1.82) is 0 Å². The Morgan fingerprint density at radius 2 is 1.07 bits per heavy atom. The van der Waals surface area contributed by atoms with Crippen molar-refractivity contribution in [3.8, 4) is 0 Å². The van der Waals surface area contributed by atoms with E-state index in [0.29, 0.717) is 0 Å². The molecule has 212 valence electrons. The molecule has 0 aromatic rings. The number of aliphatic hydroxyl groups is 2. The first kappa shape index (κ1) is 26.1. The van der Waals surface area contributed by atoms with Gasteiger partial charge in [0.15, 0.2) is 11.6 Å². The van der Waals surface area contributed by atoms with Crippen LogP contribution in [0.15, 0.2) is 45.6 Å². The van der Waals surface area contributed by atoms with Gasteiger partial charge in [0, 0.05) is 22.0 Å². The summed E-state index contributed by atoms with van der Waals surface area (Å²) < 4.78 is 10.6. The first-order valence-electron chi connectivity index (χ1n) is 14.2. The first-order valence-corrected chi connectivity index (χ1v) is 14.2. The van der Waals surface area contributed by atoms with Crippen LogP contribution in [-0.4, -0.2) is 60.1 Å². The normalized spacial score (nSPS) is 47.9. The molecule has 0 spiro atoms. The molecule has 0 amide bonds. The quantitative estimate of drug-likeness (QED) is 0.505. The summed E-state index contributed by atoms with van der Waals surface area (Å²) in [7, 11) is 2.60. The van der Waals surface area contributed by atoms with Gasteiger partial charge in [0.05, 0.1) is 25.0 Å². The molecular weight excluding hydrogens is 512 g/mol. The van der Waals surface area contributed by atoms with E-state index in [9.17, 15) is 29.4 Å². The number of esters is 2. The molecule has 40 heavy (non-hydrogen) atoms. The zero-order valence-electron chi connectivity index (χ0n) is 23.8. The first-order chi connectivity index (χ1) is 18.7. The van der Waals surface area contributed by atoms with Crippen molar-refractivity contribution in [3.63, 3.8) is 0 Å². The SMILES string of the molecule is COC(=O)[C@@]1(C)CC2=C3C=C(C(=O)[C@@H](O)[C@]3(C)[C@H]3C[C@@H]23)[C@@](C)(C(=O)OC)CC2=C3C=C1C(=O)[C@@H](O)[C@]3(C)[C@H]1C[C@@H]21. The van der Waals surface area contributed by atoms with E-state index in [0.717, 1.165) is 35.1 Å². The number of Topliss-reactive ketones (excluding diaryl/α,β-unsaturated/α-hetero) is 2. The van der Waals surface area contributed by atoms with Crippen LogP contribution in [0.25, 0.3) is 0 Å². The molecule has 8 heteroatoms. The number of hydrogen-bond donors (Lipinski definition) is 2. The number of carbonyl (C=O) groups is 4. The highest BCUT2D eigenvalue weighted by atomic mass is 16.5. The number of rotatable bonds is 2. The molecule has 0 aromatic heterocycles. The second-order valence-corrected chi connectivity index (χ2v) is 14.0. The lowest BCUT2D eigenvalue weighted by atomic mass is 9.59. The van der Waals surface area contributed by atoms with Gasteiger partial charge >= 0.3 is 11.9 Å². The molecule has 2 fully saturated rings. The standard InChI is InChI=1S/C32H36O8/c1-29(27(37)39-5)11-15-13-7-17(13)32(4)20(15)10-22(24(34)26(32)36)30(2,28(38)40-6)12-16-14-8-18(14)31(3)19(16)9-21(29)23(33)25(31)35/h9-10,13-14,17-18,25-26,35-36H,7-8,11-12H2,1-6H3/t13-,14-,17-,18-,25+,26+,29-,30-,31+,32+/m0/s1. The lowest BCUT2D eigenvalue weighted by Crippen LogP contribution is -2.50. The average molecular weight is 549 g/mol. The molecule has 0 aliphatic heterocycles. The molecule has 10 atom stereocenters. The van der Waals surface area contributed by atoms with Crippen LogP contribution in [0.4, 0.5) is 0 Å². The third kappa shape index (κ3) is 2.70. The number of fused-ring (bicyclic) bond motifs is 6. The van der Waals surface area contributed by atoms with Gasteiger partial charge in [-0.3, -0.25) is 19.2 Å². The van der Waals surface area contributed by atoms with Gasteiger partial charge in [-0.1, -0.05) is 37.1 Å². The molecular formula is C32H36O8. The lowest BCUT2D eigenvalue weighted by molar-refractivity contribution is -0.151. The molecule has 2 saturated carbocycles. The van der Waals surface area contributed by atoms with Crippen LogP contribution in [-0.2, 0) is 28.7 Å². The summed E-state index contributed by atoms with van der Waals surface area (Å²) in [4.78, 5) is 55.1. The smallest absolute Gasteiger partial charge is 0.316 e. The third-order valence-corrected chi connectivity index (χ3v) is 12.2. The second-order valence-electron chi connectivity index (χ2n) is 14.0. The van der Waals surface area contributed by atoms with Gasteiger partial charge in [-0.05, 0) is 74.3 Å². The van der Waals surface area contributed by atoms with Crippen molar-refractivity contribution >= 4 is 23.5 Å². The van der Waals surface area contributed by atoms with Crippen LogP contribution in [0.2, 0.25) is 0 Å². The minimum Gasteiger partial charge on any atom is -0.468 e. The fourth-order valence-corrected chi connectivity index (χ4v) is 9.53. The number of methoxy groups -OCH3 is 2. The molecule has 4 bridgehead atoms. The van der Waals surface area contributed by atoms with Gasteiger partial charge in [0.2, 0.25) is 0 Å². The number of ketones is 2. The van der Waals surface area contributed by atoms with Crippen molar-refractivity contribution in [2.75, 3.05) is 14.2 Å². The fraction of sp³-hybridized carbons (Fsp3) is 0.625. The maximum absolute atomic E-state index is 14.0. The van der Waals surface area contributed by atoms with E-state index in [2.05, 4.69) is 0 Å². The molecule has 7 rings (SSSR count). The number of carbonyl (C=O) groups excluding carboxylic acids is 4. The molecule has 0 heterocycles. The van der Waals surface area contributed by atoms with E-state index < -0.39 is 57.4 Å². The van der Waals surface area contributed by atoms with Crippen LogP contribution < -0.4 is 0 Å².